The predicted octanol–water partition coefficient (Wildman–Crippen LogP) is -0.163. The number of carbonyl (C=O) groups excluding carboxylic acids is 3. The Hall–Kier alpha value is -2.44. The molecule has 1 unspecified atom stereocenters. The van der Waals surface area contributed by atoms with Gasteiger partial charge in [0.05, 0.1) is 5.69 Å². The van der Waals surface area contributed by atoms with Crippen LogP contribution in [0, 0.1) is 5.82 Å². The van der Waals surface area contributed by atoms with Gasteiger partial charge in [-0.25, -0.2) is 9.18 Å². The lowest BCUT2D eigenvalue weighted by Crippen LogP contribution is -2.51. The number of carbonyl (C=O) groups is 3. The number of likely N-dealkylation sites (N-methyl/N-ethyl adjacent to an activating group) is 1. The minimum absolute atomic E-state index is 0.275. The second kappa shape index (κ2) is 3.06. The van der Waals surface area contributed by atoms with Crippen molar-refractivity contribution in [2.75, 3.05) is 11.9 Å². The molecule has 0 saturated carbocycles. The van der Waals surface area contributed by atoms with Crippen molar-refractivity contribution in [3.63, 3.8) is 0 Å². The molecular weight excluding hydrogens is 241 g/mol. The Morgan fingerprint density at radius 3 is 2.61 bits per heavy atom. The Labute approximate surface area is 101 Å². The maximum Gasteiger partial charge on any atom is 0.323 e. The van der Waals surface area contributed by atoms with E-state index in [0.29, 0.717) is 0 Å². The SMILES string of the molecule is CN1C(=O)C2(NC(=O)NC2=O)c2ccc(F)cc21. The Kier molecular flexibility index (Phi) is 1.82. The monoisotopic (exact) mass is 249 g/mol. The summed E-state index contributed by atoms with van der Waals surface area (Å²) in [5.41, 5.74) is -1.20. The van der Waals surface area contributed by atoms with E-state index in [9.17, 15) is 18.8 Å². The number of rotatable bonds is 0. The molecule has 1 fully saturated rings. The number of halogens is 1. The summed E-state index contributed by atoms with van der Waals surface area (Å²) in [4.78, 5) is 36.5. The molecule has 2 aliphatic rings. The smallest absolute Gasteiger partial charge is 0.312 e. The fourth-order valence-electron chi connectivity index (χ4n) is 2.37. The van der Waals surface area contributed by atoms with Gasteiger partial charge in [0.15, 0.2) is 0 Å². The minimum Gasteiger partial charge on any atom is -0.312 e. The number of fused-ring (bicyclic) bond motifs is 2. The molecule has 4 amide bonds. The molecule has 92 valence electrons. The first-order valence-corrected chi connectivity index (χ1v) is 5.18. The second-order valence-electron chi connectivity index (χ2n) is 4.18. The number of amides is 4. The molecule has 6 nitrogen and oxygen atoms in total. The van der Waals surface area contributed by atoms with Gasteiger partial charge >= 0.3 is 6.03 Å². The van der Waals surface area contributed by atoms with Crippen LogP contribution in [0.1, 0.15) is 5.56 Å². The average molecular weight is 249 g/mol. The Morgan fingerprint density at radius 2 is 2.00 bits per heavy atom. The topological polar surface area (TPSA) is 78.5 Å². The summed E-state index contributed by atoms with van der Waals surface area (Å²) in [6.07, 6.45) is 0. The molecule has 1 atom stereocenters. The lowest BCUT2D eigenvalue weighted by Gasteiger charge is -2.18. The van der Waals surface area contributed by atoms with E-state index in [1.165, 1.54) is 13.1 Å². The van der Waals surface area contributed by atoms with Crippen LogP contribution in [0.2, 0.25) is 0 Å². The van der Waals surface area contributed by atoms with E-state index in [2.05, 4.69) is 5.32 Å². The minimum atomic E-state index is -1.76. The molecule has 0 radical (unpaired) electrons. The molecule has 0 aromatic heterocycles. The van der Waals surface area contributed by atoms with Crippen LogP contribution in [0.3, 0.4) is 0 Å². The van der Waals surface area contributed by atoms with Gasteiger partial charge in [-0.3, -0.25) is 14.9 Å². The van der Waals surface area contributed by atoms with E-state index in [1.54, 1.807) is 0 Å². The zero-order valence-corrected chi connectivity index (χ0v) is 9.28. The Morgan fingerprint density at radius 1 is 1.28 bits per heavy atom. The predicted molar refractivity (Wildman–Crippen MR) is 58.2 cm³/mol. The molecule has 1 saturated heterocycles. The lowest BCUT2D eigenvalue weighted by atomic mass is 9.91. The number of hydrogen-bond acceptors (Lipinski definition) is 3. The first kappa shape index (κ1) is 10.7. The lowest BCUT2D eigenvalue weighted by molar-refractivity contribution is -0.133. The van der Waals surface area contributed by atoms with Gasteiger partial charge in [-0.2, -0.15) is 0 Å². The van der Waals surface area contributed by atoms with Gasteiger partial charge in [-0.1, -0.05) is 6.07 Å². The van der Waals surface area contributed by atoms with Crippen LogP contribution in [0.4, 0.5) is 14.9 Å². The molecule has 18 heavy (non-hydrogen) atoms. The summed E-state index contributed by atoms with van der Waals surface area (Å²) in [5.74, 6) is -1.86. The van der Waals surface area contributed by atoms with E-state index in [1.807, 2.05) is 5.32 Å². The van der Waals surface area contributed by atoms with Gasteiger partial charge in [-0.15, -0.1) is 0 Å². The standard InChI is InChI=1S/C11H8FN3O3/c1-15-7-4-5(12)2-3-6(7)11(9(15)17)8(16)13-10(18)14-11/h2-4H,1H3,(H2,13,14,16,18). The maximum atomic E-state index is 13.2. The van der Waals surface area contributed by atoms with Gasteiger partial charge in [0.2, 0.25) is 5.54 Å². The number of hydrogen-bond donors (Lipinski definition) is 2. The van der Waals surface area contributed by atoms with Crippen molar-refractivity contribution < 1.29 is 18.8 Å². The fourth-order valence-corrected chi connectivity index (χ4v) is 2.37. The van der Waals surface area contributed by atoms with Gasteiger partial charge in [0, 0.05) is 12.6 Å². The summed E-state index contributed by atoms with van der Waals surface area (Å²) < 4.78 is 13.2. The largest absolute Gasteiger partial charge is 0.323 e. The van der Waals surface area contributed by atoms with Crippen LogP contribution >= 0.6 is 0 Å². The molecule has 2 aliphatic heterocycles. The summed E-state index contributed by atoms with van der Waals surface area (Å²) in [6.45, 7) is 0. The first-order chi connectivity index (χ1) is 8.46. The van der Waals surface area contributed by atoms with Crippen LogP contribution in [-0.2, 0) is 15.1 Å². The average Bonchev–Trinajstić information content (AvgIpc) is 2.72. The third-order valence-corrected chi connectivity index (χ3v) is 3.22. The molecule has 3 rings (SSSR count). The highest BCUT2D eigenvalue weighted by Gasteiger charge is 2.60. The van der Waals surface area contributed by atoms with E-state index < -0.39 is 29.2 Å². The summed E-state index contributed by atoms with van der Waals surface area (Å²) in [7, 11) is 1.42. The molecular formula is C11H8FN3O3. The van der Waals surface area contributed by atoms with Crippen LogP contribution in [0.15, 0.2) is 18.2 Å². The molecule has 7 heteroatoms. The summed E-state index contributed by atoms with van der Waals surface area (Å²) >= 11 is 0. The quantitative estimate of drug-likeness (QED) is 0.495. The van der Waals surface area contributed by atoms with Crippen LogP contribution in [0.5, 0.6) is 0 Å². The van der Waals surface area contributed by atoms with Crippen LogP contribution in [-0.4, -0.2) is 24.9 Å². The fraction of sp³-hybridized carbons (Fsp3) is 0.182. The van der Waals surface area contributed by atoms with Crippen LogP contribution in [0.25, 0.3) is 0 Å². The molecule has 0 bridgehead atoms. The number of nitrogens with zero attached hydrogens (tertiary/aromatic N) is 1. The number of nitrogens with one attached hydrogen (secondary N) is 2. The van der Waals surface area contributed by atoms with Crippen LogP contribution < -0.4 is 15.5 Å². The van der Waals surface area contributed by atoms with Gasteiger partial charge in [-0.05, 0) is 12.1 Å². The van der Waals surface area contributed by atoms with E-state index in [0.717, 1.165) is 17.0 Å². The van der Waals surface area contributed by atoms with Crippen molar-refractivity contribution >= 4 is 23.5 Å². The Bertz CT molecular complexity index is 616. The molecule has 0 aliphatic carbocycles. The van der Waals surface area contributed by atoms with Gasteiger partial charge < -0.3 is 10.2 Å². The van der Waals surface area contributed by atoms with Gasteiger partial charge in [0.1, 0.15) is 5.82 Å². The van der Waals surface area contributed by atoms with Crippen molar-refractivity contribution in [1.82, 2.24) is 10.6 Å². The van der Waals surface area contributed by atoms with Crippen molar-refractivity contribution in [1.29, 1.82) is 0 Å². The normalized spacial score (nSPS) is 25.4. The third kappa shape index (κ3) is 1.03. The van der Waals surface area contributed by atoms with E-state index >= 15 is 0 Å². The number of imide groups is 1. The van der Waals surface area contributed by atoms with Crippen molar-refractivity contribution in [2.24, 2.45) is 0 Å². The van der Waals surface area contributed by atoms with E-state index in [-0.39, 0.29) is 11.3 Å². The number of benzene rings is 1. The Balaban J connectivity index is 2.28. The number of anilines is 1. The first-order valence-electron chi connectivity index (χ1n) is 5.18. The maximum absolute atomic E-state index is 13.2. The molecule has 2 N–H and O–H groups in total. The number of urea groups is 1. The second-order valence-corrected chi connectivity index (χ2v) is 4.18. The molecule has 1 aromatic rings. The van der Waals surface area contributed by atoms with Crippen molar-refractivity contribution in [3.8, 4) is 0 Å². The molecule has 1 spiro atoms. The third-order valence-electron chi connectivity index (χ3n) is 3.22. The highest BCUT2D eigenvalue weighted by Crippen LogP contribution is 2.41. The van der Waals surface area contributed by atoms with Gasteiger partial charge in [0.25, 0.3) is 11.8 Å². The van der Waals surface area contributed by atoms with Crippen molar-refractivity contribution in [2.45, 2.75) is 5.54 Å². The zero-order valence-electron chi connectivity index (χ0n) is 9.28. The zero-order chi connectivity index (χ0) is 13.1. The highest BCUT2D eigenvalue weighted by atomic mass is 19.1. The highest BCUT2D eigenvalue weighted by molar-refractivity contribution is 6.27. The molecule has 2 heterocycles. The summed E-state index contributed by atoms with van der Waals surface area (Å²) in [5, 5.41) is 4.35. The van der Waals surface area contributed by atoms with Crippen molar-refractivity contribution in [3.05, 3.63) is 29.6 Å². The summed E-state index contributed by atoms with van der Waals surface area (Å²) in [6, 6.07) is 2.89. The van der Waals surface area contributed by atoms with E-state index in [4.69, 9.17) is 0 Å². The molecule has 1 aromatic carbocycles.